The van der Waals surface area contributed by atoms with Gasteiger partial charge in [-0.25, -0.2) is 9.18 Å². The first-order chi connectivity index (χ1) is 8.60. The highest BCUT2D eigenvalue weighted by Crippen LogP contribution is 2.26. The van der Waals surface area contributed by atoms with Crippen LogP contribution in [0.1, 0.15) is 30.6 Å². The fourth-order valence-electron chi connectivity index (χ4n) is 1.36. The molecule has 0 fully saturated rings. The van der Waals surface area contributed by atoms with Crippen molar-refractivity contribution in [2.75, 3.05) is 6.61 Å². The molecule has 4 heteroatoms. The summed E-state index contributed by atoms with van der Waals surface area (Å²) in [7, 11) is 0. The van der Waals surface area contributed by atoms with Crippen LogP contribution in [0.2, 0.25) is 0 Å². The molecule has 0 saturated heterocycles. The Balaban J connectivity index is 2.80. The van der Waals surface area contributed by atoms with Crippen LogP contribution in [-0.4, -0.2) is 12.6 Å². The molecule has 0 amide bonds. The Kier molecular flexibility index (Phi) is 5.06. The van der Waals surface area contributed by atoms with E-state index in [2.05, 4.69) is 6.58 Å². The summed E-state index contributed by atoms with van der Waals surface area (Å²) in [5.74, 6) is -0.744. The summed E-state index contributed by atoms with van der Waals surface area (Å²) in [5.41, 5.74) is 0.316. The van der Waals surface area contributed by atoms with Crippen LogP contribution in [0.5, 0.6) is 0 Å². The quantitative estimate of drug-likeness (QED) is 0.593. The molecule has 0 aliphatic carbocycles. The SMILES string of the molecule is C=C(C(=O)OCCC)C(F)c1cccc(C#N)c1. The van der Waals surface area contributed by atoms with Gasteiger partial charge in [0, 0.05) is 0 Å². The van der Waals surface area contributed by atoms with Crippen molar-refractivity contribution in [3.63, 3.8) is 0 Å². The summed E-state index contributed by atoms with van der Waals surface area (Å²) in [5, 5.41) is 8.72. The predicted octanol–water partition coefficient (Wildman–Crippen LogP) is 3.08. The number of alkyl halides is 1. The van der Waals surface area contributed by atoms with Crippen molar-refractivity contribution in [2.24, 2.45) is 0 Å². The molecule has 0 aliphatic rings. The van der Waals surface area contributed by atoms with Crippen LogP contribution in [0, 0.1) is 11.3 Å². The van der Waals surface area contributed by atoms with E-state index in [9.17, 15) is 9.18 Å². The van der Waals surface area contributed by atoms with Gasteiger partial charge in [-0.1, -0.05) is 25.6 Å². The Morgan fingerprint density at radius 3 is 2.94 bits per heavy atom. The van der Waals surface area contributed by atoms with Gasteiger partial charge in [-0.05, 0) is 24.1 Å². The van der Waals surface area contributed by atoms with E-state index in [0.717, 1.165) is 0 Å². The number of carbonyl (C=O) groups is 1. The molecule has 0 spiro atoms. The Morgan fingerprint density at radius 1 is 1.61 bits per heavy atom. The minimum atomic E-state index is -1.65. The lowest BCUT2D eigenvalue weighted by Crippen LogP contribution is -2.12. The Morgan fingerprint density at radius 2 is 2.33 bits per heavy atom. The monoisotopic (exact) mass is 247 g/mol. The number of nitriles is 1. The van der Waals surface area contributed by atoms with Gasteiger partial charge in [0.15, 0.2) is 6.17 Å². The van der Waals surface area contributed by atoms with Gasteiger partial charge in [-0.15, -0.1) is 0 Å². The first-order valence-corrected chi connectivity index (χ1v) is 5.60. The van der Waals surface area contributed by atoms with Crippen LogP contribution >= 0.6 is 0 Å². The maximum absolute atomic E-state index is 14.0. The predicted molar refractivity (Wildman–Crippen MR) is 65.4 cm³/mol. The second-order valence-electron chi connectivity index (χ2n) is 3.76. The third-order valence-corrected chi connectivity index (χ3v) is 2.31. The molecule has 1 unspecified atom stereocenters. The van der Waals surface area contributed by atoms with Gasteiger partial charge in [0.2, 0.25) is 0 Å². The van der Waals surface area contributed by atoms with Crippen molar-refractivity contribution in [2.45, 2.75) is 19.5 Å². The van der Waals surface area contributed by atoms with Crippen molar-refractivity contribution in [1.29, 1.82) is 5.26 Å². The number of halogens is 1. The number of benzene rings is 1. The van der Waals surface area contributed by atoms with Crippen LogP contribution in [0.15, 0.2) is 36.4 Å². The highest BCUT2D eigenvalue weighted by Gasteiger charge is 2.21. The van der Waals surface area contributed by atoms with Gasteiger partial charge in [-0.2, -0.15) is 5.26 Å². The topological polar surface area (TPSA) is 50.1 Å². The summed E-state index contributed by atoms with van der Waals surface area (Å²) >= 11 is 0. The van der Waals surface area contributed by atoms with E-state index in [1.165, 1.54) is 12.1 Å². The van der Waals surface area contributed by atoms with Crippen molar-refractivity contribution < 1.29 is 13.9 Å². The maximum Gasteiger partial charge on any atom is 0.336 e. The summed E-state index contributed by atoms with van der Waals surface area (Å²) in [6.07, 6.45) is -0.984. The van der Waals surface area contributed by atoms with E-state index >= 15 is 0 Å². The third-order valence-electron chi connectivity index (χ3n) is 2.31. The van der Waals surface area contributed by atoms with Gasteiger partial charge in [0.1, 0.15) is 0 Å². The average Bonchev–Trinajstić information content (AvgIpc) is 2.43. The van der Waals surface area contributed by atoms with E-state index in [0.29, 0.717) is 12.0 Å². The largest absolute Gasteiger partial charge is 0.462 e. The van der Waals surface area contributed by atoms with E-state index in [-0.39, 0.29) is 17.7 Å². The number of hydrogen-bond acceptors (Lipinski definition) is 3. The van der Waals surface area contributed by atoms with Crippen LogP contribution in [0.4, 0.5) is 4.39 Å². The number of esters is 1. The summed E-state index contributed by atoms with van der Waals surface area (Å²) in [6, 6.07) is 7.93. The summed E-state index contributed by atoms with van der Waals surface area (Å²) in [6.45, 7) is 5.49. The molecular formula is C14H14FNO2. The summed E-state index contributed by atoms with van der Waals surface area (Å²) < 4.78 is 18.8. The van der Waals surface area contributed by atoms with E-state index in [1.807, 2.05) is 13.0 Å². The molecule has 1 atom stereocenters. The number of rotatable bonds is 5. The van der Waals surface area contributed by atoms with Crippen molar-refractivity contribution >= 4 is 5.97 Å². The second-order valence-corrected chi connectivity index (χ2v) is 3.76. The standard InChI is InChI=1S/C14H14FNO2/c1-3-7-18-14(17)10(2)13(15)12-6-4-5-11(8-12)9-16/h4-6,8,13H,2-3,7H2,1H3. The molecule has 18 heavy (non-hydrogen) atoms. The van der Waals surface area contributed by atoms with Gasteiger partial charge < -0.3 is 4.74 Å². The maximum atomic E-state index is 14.0. The van der Waals surface area contributed by atoms with Gasteiger partial charge in [-0.3, -0.25) is 0 Å². The minimum Gasteiger partial charge on any atom is -0.462 e. The molecule has 0 saturated carbocycles. The Hall–Kier alpha value is -2.15. The van der Waals surface area contributed by atoms with Crippen molar-refractivity contribution in [1.82, 2.24) is 0 Å². The zero-order valence-electron chi connectivity index (χ0n) is 10.1. The zero-order chi connectivity index (χ0) is 13.5. The lowest BCUT2D eigenvalue weighted by atomic mass is 10.0. The molecule has 1 rings (SSSR count). The Labute approximate surface area is 105 Å². The highest BCUT2D eigenvalue weighted by atomic mass is 19.1. The minimum absolute atomic E-state index is 0.229. The molecule has 0 N–H and O–H groups in total. The molecule has 1 aromatic rings. The molecule has 0 radical (unpaired) electrons. The lowest BCUT2D eigenvalue weighted by molar-refractivity contribution is -0.139. The van der Waals surface area contributed by atoms with Crippen LogP contribution in [0.3, 0.4) is 0 Å². The Bertz CT molecular complexity index is 491. The van der Waals surface area contributed by atoms with E-state index in [4.69, 9.17) is 10.00 Å². The highest BCUT2D eigenvalue weighted by molar-refractivity contribution is 5.89. The first-order valence-electron chi connectivity index (χ1n) is 5.60. The average molecular weight is 247 g/mol. The van der Waals surface area contributed by atoms with Crippen LogP contribution < -0.4 is 0 Å². The lowest BCUT2D eigenvalue weighted by Gasteiger charge is -2.11. The molecule has 1 aromatic carbocycles. The zero-order valence-corrected chi connectivity index (χ0v) is 10.1. The smallest absolute Gasteiger partial charge is 0.336 e. The van der Waals surface area contributed by atoms with Gasteiger partial charge in [0.25, 0.3) is 0 Å². The number of nitrogens with zero attached hydrogens (tertiary/aromatic N) is 1. The molecule has 94 valence electrons. The molecule has 3 nitrogen and oxygen atoms in total. The molecule has 0 bridgehead atoms. The molecular weight excluding hydrogens is 233 g/mol. The first kappa shape index (κ1) is 13.9. The van der Waals surface area contributed by atoms with Crippen LogP contribution in [-0.2, 0) is 9.53 Å². The fourth-order valence-corrected chi connectivity index (χ4v) is 1.36. The van der Waals surface area contributed by atoms with Crippen LogP contribution in [0.25, 0.3) is 0 Å². The molecule has 0 aromatic heterocycles. The third kappa shape index (κ3) is 3.42. The van der Waals surface area contributed by atoms with E-state index < -0.39 is 12.1 Å². The number of hydrogen-bond donors (Lipinski definition) is 0. The second kappa shape index (κ2) is 6.55. The summed E-state index contributed by atoms with van der Waals surface area (Å²) in [4.78, 5) is 11.4. The fraction of sp³-hybridized carbons (Fsp3) is 0.286. The molecule has 0 aliphatic heterocycles. The number of carbonyl (C=O) groups excluding carboxylic acids is 1. The van der Waals surface area contributed by atoms with Gasteiger partial charge >= 0.3 is 5.97 Å². The number of ether oxygens (including phenoxy) is 1. The normalized spacial score (nSPS) is 11.4. The van der Waals surface area contributed by atoms with Gasteiger partial charge in [0.05, 0.1) is 23.8 Å². The van der Waals surface area contributed by atoms with E-state index in [1.54, 1.807) is 12.1 Å². The van der Waals surface area contributed by atoms with Crippen molar-refractivity contribution in [3.8, 4) is 6.07 Å². The van der Waals surface area contributed by atoms with Crippen molar-refractivity contribution in [3.05, 3.63) is 47.5 Å². The molecule has 0 heterocycles.